The van der Waals surface area contributed by atoms with Gasteiger partial charge in [-0.3, -0.25) is 9.78 Å². The van der Waals surface area contributed by atoms with Gasteiger partial charge in [-0.1, -0.05) is 20.8 Å². The van der Waals surface area contributed by atoms with Gasteiger partial charge < -0.3 is 10.2 Å². The van der Waals surface area contributed by atoms with Crippen molar-refractivity contribution in [3.63, 3.8) is 0 Å². The van der Waals surface area contributed by atoms with Crippen LogP contribution < -0.4 is 10.2 Å². The maximum absolute atomic E-state index is 14.0. The van der Waals surface area contributed by atoms with E-state index in [1.807, 2.05) is 20.8 Å². The van der Waals surface area contributed by atoms with E-state index < -0.39 is 17.0 Å². The number of benzene rings is 1. The van der Waals surface area contributed by atoms with Crippen LogP contribution in [0.2, 0.25) is 0 Å². The number of anilines is 1. The number of pyridine rings is 1. The molecule has 1 fully saturated rings. The number of fused-ring (bicyclic) bond motifs is 1. The monoisotopic (exact) mass is 361 g/mol. The highest BCUT2D eigenvalue weighted by Gasteiger charge is 2.25. The average Bonchev–Trinajstić information content (AvgIpc) is 2.58. The van der Waals surface area contributed by atoms with E-state index in [1.54, 1.807) is 12.3 Å². The molecule has 1 atom stereocenters. The summed E-state index contributed by atoms with van der Waals surface area (Å²) in [7, 11) is 0. The van der Waals surface area contributed by atoms with E-state index in [1.165, 1.54) is 6.07 Å². The zero-order valence-electron chi connectivity index (χ0n) is 15.5. The van der Waals surface area contributed by atoms with Crippen LogP contribution >= 0.6 is 0 Å². The Bertz CT molecular complexity index is 817. The first kappa shape index (κ1) is 18.5. The summed E-state index contributed by atoms with van der Waals surface area (Å²) >= 11 is 0. The van der Waals surface area contributed by atoms with Gasteiger partial charge in [0.2, 0.25) is 5.91 Å². The highest BCUT2D eigenvalue weighted by atomic mass is 19.1. The molecular formula is C20H25F2N3O. The van der Waals surface area contributed by atoms with Gasteiger partial charge in [0.25, 0.3) is 0 Å². The Balaban J connectivity index is 1.78. The van der Waals surface area contributed by atoms with Crippen molar-refractivity contribution in [2.24, 2.45) is 11.3 Å². The van der Waals surface area contributed by atoms with Crippen LogP contribution in [0.5, 0.6) is 0 Å². The molecule has 26 heavy (non-hydrogen) atoms. The predicted molar refractivity (Wildman–Crippen MR) is 99.1 cm³/mol. The average molecular weight is 361 g/mol. The van der Waals surface area contributed by atoms with Gasteiger partial charge in [-0.15, -0.1) is 0 Å². The molecule has 2 aromatic rings. The van der Waals surface area contributed by atoms with Crippen LogP contribution in [-0.4, -0.2) is 30.5 Å². The van der Waals surface area contributed by atoms with E-state index in [0.29, 0.717) is 17.8 Å². The molecule has 0 aliphatic carbocycles. The summed E-state index contributed by atoms with van der Waals surface area (Å²) in [6, 6.07) is 4.00. The van der Waals surface area contributed by atoms with Crippen LogP contribution in [-0.2, 0) is 4.79 Å². The Hall–Kier alpha value is -2.24. The second kappa shape index (κ2) is 7.17. The minimum absolute atomic E-state index is 0.0353. The second-order valence-corrected chi connectivity index (χ2v) is 8.03. The highest BCUT2D eigenvalue weighted by molar-refractivity contribution is 5.92. The zero-order chi connectivity index (χ0) is 18.9. The molecule has 1 amide bonds. The first-order chi connectivity index (χ1) is 12.3. The molecule has 0 bridgehead atoms. The molecule has 3 rings (SSSR count). The van der Waals surface area contributed by atoms with E-state index in [0.717, 1.165) is 37.7 Å². The van der Waals surface area contributed by atoms with Crippen LogP contribution in [0.15, 0.2) is 24.4 Å². The van der Waals surface area contributed by atoms with Gasteiger partial charge in [-0.05, 0) is 30.9 Å². The van der Waals surface area contributed by atoms with Crippen molar-refractivity contribution in [3.05, 3.63) is 36.0 Å². The quantitative estimate of drug-likeness (QED) is 0.902. The van der Waals surface area contributed by atoms with Gasteiger partial charge in [0, 0.05) is 48.4 Å². The van der Waals surface area contributed by atoms with E-state index >= 15 is 0 Å². The number of halogens is 2. The number of carbonyl (C=O) groups excluding carboxylic acids is 1. The number of hydrogen-bond acceptors (Lipinski definition) is 3. The smallest absolute Gasteiger partial charge is 0.225 e. The topological polar surface area (TPSA) is 45.2 Å². The molecule has 140 valence electrons. The second-order valence-electron chi connectivity index (χ2n) is 8.03. The van der Waals surface area contributed by atoms with Gasteiger partial charge in [-0.25, -0.2) is 8.78 Å². The minimum Gasteiger partial charge on any atom is -0.371 e. The Labute approximate surface area is 152 Å². The van der Waals surface area contributed by atoms with Crippen LogP contribution in [0.3, 0.4) is 0 Å². The fourth-order valence-electron chi connectivity index (χ4n) is 3.39. The summed E-state index contributed by atoms with van der Waals surface area (Å²) in [4.78, 5) is 18.3. The Kier molecular flexibility index (Phi) is 5.12. The van der Waals surface area contributed by atoms with Crippen LogP contribution in [0.25, 0.3) is 10.9 Å². The third kappa shape index (κ3) is 3.94. The molecule has 2 heterocycles. The first-order valence-corrected chi connectivity index (χ1v) is 9.02. The number of aromatic nitrogens is 1. The van der Waals surface area contributed by atoms with Crippen LogP contribution in [0.4, 0.5) is 14.5 Å². The highest BCUT2D eigenvalue weighted by Crippen LogP contribution is 2.31. The summed E-state index contributed by atoms with van der Waals surface area (Å²) in [6.07, 6.45) is 3.55. The molecule has 1 aliphatic heterocycles. The summed E-state index contributed by atoms with van der Waals surface area (Å²) < 4.78 is 27.7. The van der Waals surface area contributed by atoms with Crippen molar-refractivity contribution >= 4 is 22.5 Å². The maximum atomic E-state index is 14.0. The lowest BCUT2D eigenvalue weighted by Gasteiger charge is -2.35. The predicted octanol–water partition coefficient (Wildman–Crippen LogP) is 3.89. The molecule has 6 heteroatoms. The number of nitrogens with one attached hydrogen (secondary N) is 1. The van der Waals surface area contributed by atoms with Gasteiger partial charge in [-0.2, -0.15) is 0 Å². The summed E-state index contributed by atoms with van der Waals surface area (Å²) in [5, 5.41) is 3.51. The Morgan fingerprint density at radius 2 is 2.12 bits per heavy atom. The zero-order valence-corrected chi connectivity index (χ0v) is 15.5. The van der Waals surface area contributed by atoms with Crippen LogP contribution in [0, 0.1) is 23.0 Å². The Morgan fingerprint density at radius 3 is 2.85 bits per heavy atom. The van der Waals surface area contributed by atoms with E-state index in [9.17, 15) is 13.6 Å². The minimum atomic E-state index is -0.646. The van der Waals surface area contributed by atoms with E-state index in [-0.39, 0.29) is 11.4 Å². The number of rotatable bonds is 3. The van der Waals surface area contributed by atoms with Gasteiger partial charge in [0.1, 0.15) is 11.3 Å². The van der Waals surface area contributed by atoms with Crippen molar-refractivity contribution in [2.75, 3.05) is 24.5 Å². The molecule has 4 nitrogen and oxygen atoms in total. The lowest BCUT2D eigenvalue weighted by molar-refractivity contribution is -0.128. The fourth-order valence-corrected chi connectivity index (χ4v) is 3.39. The molecule has 1 aromatic heterocycles. The third-order valence-corrected chi connectivity index (χ3v) is 4.83. The number of amides is 1. The Morgan fingerprint density at radius 1 is 1.35 bits per heavy atom. The lowest BCUT2D eigenvalue weighted by atomic mass is 9.93. The van der Waals surface area contributed by atoms with Crippen molar-refractivity contribution in [2.45, 2.75) is 33.6 Å². The molecule has 0 saturated carbocycles. The van der Waals surface area contributed by atoms with E-state index in [2.05, 4.69) is 15.2 Å². The van der Waals surface area contributed by atoms with Crippen molar-refractivity contribution in [1.82, 2.24) is 10.3 Å². The molecule has 1 aliphatic rings. The number of hydrogen-bond donors (Lipinski definition) is 1. The third-order valence-electron chi connectivity index (χ3n) is 4.83. The molecule has 1 N–H and O–H groups in total. The summed E-state index contributed by atoms with van der Waals surface area (Å²) in [5.74, 6) is -0.909. The normalized spacial score (nSPS) is 18.2. The van der Waals surface area contributed by atoms with Gasteiger partial charge in [0.05, 0.1) is 0 Å². The standard InChI is InChI=1S/C20H25F2N3O/c1-20(2,3)19(26)24-11-13-5-4-8-25(12-13)17-6-7-23-18-15(17)9-14(21)10-16(18)22/h6-7,9-10,13H,4-5,8,11-12H2,1-3H3,(H,24,26). The lowest BCUT2D eigenvalue weighted by Crippen LogP contribution is -2.43. The van der Waals surface area contributed by atoms with E-state index in [4.69, 9.17) is 0 Å². The fraction of sp³-hybridized carbons (Fsp3) is 0.500. The number of nitrogens with zero attached hydrogens (tertiary/aromatic N) is 2. The SMILES string of the molecule is CC(C)(C)C(=O)NCC1CCCN(c2ccnc3c(F)cc(F)cc23)C1. The molecule has 1 aromatic carbocycles. The van der Waals surface area contributed by atoms with Crippen LogP contribution in [0.1, 0.15) is 33.6 Å². The molecule has 0 spiro atoms. The van der Waals surface area contributed by atoms with Gasteiger partial charge >= 0.3 is 0 Å². The maximum Gasteiger partial charge on any atom is 0.225 e. The molecular weight excluding hydrogens is 336 g/mol. The molecule has 1 saturated heterocycles. The van der Waals surface area contributed by atoms with Crippen molar-refractivity contribution < 1.29 is 13.6 Å². The molecule has 0 radical (unpaired) electrons. The summed E-state index contributed by atoms with van der Waals surface area (Å²) in [5.41, 5.74) is 0.567. The van der Waals surface area contributed by atoms with Gasteiger partial charge in [0.15, 0.2) is 5.82 Å². The largest absolute Gasteiger partial charge is 0.371 e. The number of piperidine rings is 1. The van der Waals surface area contributed by atoms with Crippen molar-refractivity contribution in [3.8, 4) is 0 Å². The summed E-state index contributed by atoms with van der Waals surface area (Å²) in [6.45, 7) is 7.84. The molecule has 1 unspecified atom stereocenters. The number of carbonyl (C=O) groups is 1. The first-order valence-electron chi connectivity index (χ1n) is 9.02. The van der Waals surface area contributed by atoms with Crippen molar-refractivity contribution in [1.29, 1.82) is 0 Å².